The zero-order chi connectivity index (χ0) is 26.4. The maximum Gasteiger partial charge on any atom is 0.303 e. The molecular formula is C26H41N5O5. The highest BCUT2D eigenvalue weighted by molar-refractivity contribution is 5.68. The van der Waals surface area contributed by atoms with Crippen molar-refractivity contribution in [2.75, 3.05) is 31.7 Å². The number of fused-ring (bicyclic) bond motifs is 1. The van der Waals surface area contributed by atoms with Gasteiger partial charge in [-0.05, 0) is 62.1 Å². The summed E-state index contributed by atoms with van der Waals surface area (Å²) in [6.07, 6.45) is 12.2. The van der Waals surface area contributed by atoms with Crippen LogP contribution < -0.4 is 11.1 Å². The van der Waals surface area contributed by atoms with E-state index in [9.17, 15) is 9.90 Å². The third kappa shape index (κ3) is 10.1. The second kappa shape index (κ2) is 15.5. The molecule has 0 fully saturated rings. The average Bonchev–Trinajstić information content (AvgIpc) is 2.90. The van der Waals surface area contributed by atoms with Crippen molar-refractivity contribution in [3.63, 3.8) is 0 Å². The summed E-state index contributed by atoms with van der Waals surface area (Å²) in [7, 11) is 0. The number of nitrogens with one attached hydrogen (secondary N) is 1. The van der Waals surface area contributed by atoms with E-state index < -0.39 is 31.3 Å². The summed E-state index contributed by atoms with van der Waals surface area (Å²) in [6.45, 7) is 1.65. The van der Waals surface area contributed by atoms with E-state index >= 15 is 0 Å². The second-order valence-corrected chi connectivity index (χ2v) is 9.49. The number of hydrogen-bond acceptors (Lipinski definition) is 9. The van der Waals surface area contributed by atoms with Gasteiger partial charge in [0.05, 0.1) is 31.8 Å². The monoisotopic (exact) mass is 503 g/mol. The SMILES string of the molecule is Cc1ncc([C@H](CCCCCCc2ccc3c(n2)NCCC3)CC(=O)O)cn1.NC(CO)(CO)CO. The van der Waals surface area contributed by atoms with Crippen LogP contribution in [0.3, 0.4) is 0 Å². The van der Waals surface area contributed by atoms with Crippen molar-refractivity contribution in [3.8, 4) is 0 Å². The zero-order valence-electron chi connectivity index (χ0n) is 21.2. The van der Waals surface area contributed by atoms with Gasteiger partial charge >= 0.3 is 5.97 Å². The molecular weight excluding hydrogens is 462 g/mol. The minimum atomic E-state index is -1.21. The van der Waals surface area contributed by atoms with Crippen LogP contribution in [0.4, 0.5) is 5.82 Å². The van der Waals surface area contributed by atoms with Gasteiger partial charge in [-0.3, -0.25) is 4.79 Å². The Balaban J connectivity index is 0.000000493. The van der Waals surface area contributed by atoms with Crippen LogP contribution in [0.2, 0.25) is 0 Å². The first kappa shape index (κ1) is 29.6. The molecule has 0 saturated heterocycles. The number of nitrogens with two attached hydrogens (primary N) is 1. The minimum absolute atomic E-state index is 0.00788. The number of anilines is 1. The molecule has 0 aliphatic carbocycles. The van der Waals surface area contributed by atoms with Crippen molar-refractivity contribution in [1.82, 2.24) is 15.0 Å². The molecule has 2 aromatic rings. The lowest BCUT2D eigenvalue weighted by atomic mass is 9.92. The molecule has 0 saturated carbocycles. The van der Waals surface area contributed by atoms with E-state index in [2.05, 4.69) is 27.4 Å². The number of unbranched alkanes of at least 4 members (excludes halogenated alkanes) is 3. The molecule has 1 aliphatic rings. The molecule has 1 aliphatic heterocycles. The fourth-order valence-corrected chi connectivity index (χ4v) is 3.92. The maximum absolute atomic E-state index is 11.2. The number of pyridine rings is 1. The largest absolute Gasteiger partial charge is 0.481 e. The predicted molar refractivity (Wildman–Crippen MR) is 138 cm³/mol. The summed E-state index contributed by atoms with van der Waals surface area (Å²) >= 11 is 0. The lowest BCUT2D eigenvalue weighted by Crippen LogP contribution is -2.50. The highest BCUT2D eigenvalue weighted by atomic mass is 16.4. The molecule has 7 N–H and O–H groups in total. The quantitative estimate of drug-likeness (QED) is 0.222. The summed E-state index contributed by atoms with van der Waals surface area (Å²) in [5, 5.41) is 37.6. The molecule has 0 radical (unpaired) electrons. The Morgan fingerprint density at radius 1 is 1.08 bits per heavy atom. The molecule has 3 heterocycles. The average molecular weight is 504 g/mol. The topological polar surface area (TPSA) is 175 Å². The van der Waals surface area contributed by atoms with Gasteiger partial charge in [-0.1, -0.05) is 25.3 Å². The zero-order valence-corrected chi connectivity index (χ0v) is 21.2. The van der Waals surface area contributed by atoms with Gasteiger partial charge in [0.2, 0.25) is 0 Å². The van der Waals surface area contributed by atoms with Crippen LogP contribution in [-0.4, -0.2) is 73.3 Å². The Kier molecular flexibility index (Phi) is 12.7. The molecule has 0 unspecified atom stereocenters. The summed E-state index contributed by atoms with van der Waals surface area (Å²) < 4.78 is 0. The van der Waals surface area contributed by atoms with E-state index in [1.165, 1.54) is 12.0 Å². The van der Waals surface area contributed by atoms with Crippen molar-refractivity contribution in [2.45, 2.75) is 76.2 Å². The number of carbonyl (C=O) groups is 1. The molecule has 0 bridgehead atoms. The first-order chi connectivity index (χ1) is 17.3. The van der Waals surface area contributed by atoms with Crippen LogP contribution >= 0.6 is 0 Å². The normalized spacial score (nSPS) is 13.7. The molecule has 2 aromatic heterocycles. The highest BCUT2D eigenvalue weighted by Gasteiger charge is 2.20. The van der Waals surface area contributed by atoms with E-state index in [-0.39, 0.29) is 12.3 Å². The third-order valence-corrected chi connectivity index (χ3v) is 6.33. The van der Waals surface area contributed by atoms with Gasteiger partial charge in [-0.15, -0.1) is 0 Å². The molecule has 0 aromatic carbocycles. The van der Waals surface area contributed by atoms with Crippen LogP contribution in [0.25, 0.3) is 0 Å². The van der Waals surface area contributed by atoms with Crippen molar-refractivity contribution in [3.05, 3.63) is 47.2 Å². The molecule has 0 amide bonds. The number of aromatic nitrogens is 3. The van der Waals surface area contributed by atoms with E-state index in [4.69, 9.17) is 26.0 Å². The predicted octanol–water partition coefficient (Wildman–Crippen LogP) is 1.95. The van der Waals surface area contributed by atoms with Gasteiger partial charge in [-0.25, -0.2) is 15.0 Å². The van der Waals surface area contributed by atoms with Gasteiger partial charge in [0.15, 0.2) is 0 Å². The first-order valence-electron chi connectivity index (χ1n) is 12.6. The highest BCUT2D eigenvalue weighted by Crippen LogP contribution is 2.26. The van der Waals surface area contributed by atoms with Gasteiger partial charge in [-0.2, -0.15) is 0 Å². The maximum atomic E-state index is 11.2. The number of aliphatic hydroxyl groups excluding tert-OH is 3. The van der Waals surface area contributed by atoms with Gasteiger partial charge in [0, 0.05) is 24.6 Å². The minimum Gasteiger partial charge on any atom is -0.481 e. The Labute approximate surface area is 213 Å². The van der Waals surface area contributed by atoms with Crippen molar-refractivity contribution in [2.24, 2.45) is 5.73 Å². The fraction of sp³-hybridized carbons (Fsp3) is 0.615. The number of rotatable bonds is 13. The Bertz CT molecular complexity index is 913. The molecule has 200 valence electrons. The molecule has 10 nitrogen and oxygen atoms in total. The van der Waals surface area contributed by atoms with Crippen LogP contribution in [0.15, 0.2) is 24.5 Å². The summed E-state index contributed by atoms with van der Waals surface area (Å²) in [5.74, 6) is 1.01. The number of aliphatic hydroxyl groups is 3. The number of carboxylic acid groups (broad SMARTS) is 1. The summed E-state index contributed by atoms with van der Waals surface area (Å²) in [4.78, 5) is 24.4. The lowest BCUT2D eigenvalue weighted by Gasteiger charge is -2.20. The standard InChI is InChI=1S/C22H30N4O2.C4H11NO3/c1-16-24-14-19(15-25-16)18(13-21(27)28)7-4-2-3-5-9-20-11-10-17-8-6-12-23-22(17)26-20;5-4(1-6,2-7)3-8/h10-11,14-15,18H,2-9,12-13H2,1H3,(H,23,26)(H,27,28);6-8H,1-3,5H2/t18-;/m1./s1. The molecule has 36 heavy (non-hydrogen) atoms. The second-order valence-electron chi connectivity index (χ2n) is 9.49. The smallest absolute Gasteiger partial charge is 0.303 e. The Morgan fingerprint density at radius 3 is 2.36 bits per heavy atom. The van der Waals surface area contributed by atoms with E-state index in [1.807, 2.05) is 6.92 Å². The third-order valence-electron chi connectivity index (χ3n) is 6.33. The number of hydrogen-bond donors (Lipinski definition) is 6. The lowest BCUT2D eigenvalue weighted by molar-refractivity contribution is -0.137. The fourth-order valence-electron chi connectivity index (χ4n) is 3.92. The molecule has 10 heteroatoms. The molecule has 0 spiro atoms. The van der Waals surface area contributed by atoms with Crippen LogP contribution in [0, 0.1) is 6.92 Å². The van der Waals surface area contributed by atoms with Crippen molar-refractivity contribution >= 4 is 11.8 Å². The summed E-state index contributed by atoms with van der Waals surface area (Å²) in [5.41, 5.74) is 7.36. The van der Waals surface area contributed by atoms with Gasteiger partial charge in [0.25, 0.3) is 0 Å². The van der Waals surface area contributed by atoms with E-state index in [0.717, 1.165) is 68.6 Å². The van der Waals surface area contributed by atoms with Crippen molar-refractivity contribution < 1.29 is 25.2 Å². The van der Waals surface area contributed by atoms with Crippen LogP contribution in [0.1, 0.15) is 73.5 Å². The van der Waals surface area contributed by atoms with Crippen LogP contribution in [0.5, 0.6) is 0 Å². The number of nitrogens with zero attached hydrogens (tertiary/aromatic N) is 3. The number of aliphatic carboxylic acids is 1. The van der Waals surface area contributed by atoms with E-state index in [0.29, 0.717) is 5.82 Å². The number of carboxylic acids is 1. The van der Waals surface area contributed by atoms with E-state index in [1.54, 1.807) is 12.4 Å². The van der Waals surface area contributed by atoms with Gasteiger partial charge in [0.1, 0.15) is 11.6 Å². The van der Waals surface area contributed by atoms with Crippen molar-refractivity contribution in [1.29, 1.82) is 0 Å². The molecule has 1 atom stereocenters. The number of aryl methyl sites for hydroxylation is 3. The van der Waals surface area contributed by atoms with Crippen LogP contribution in [-0.2, 0) is 17.6 Å². The Hall–Kier alpha value is -2.66. The molecule has 3 rings (SSSR count). The first-order valence-corrected chi connectivity index (χ1v) is 12.6. The summed E-state index contributed by atoms with van der Waals surface area (Å²) in [6, 6.07) is 4.37. The van der Waals surface area contributed by atoms with Gasteiger partial charge < -0.3 is 31.5 Å². The Morgan fingerprint density at radius 2 is 1.75 bits per heavy atom.